The van der Waals surface area contributed by atoms with Crippen LogP contribution in [0, 0.1) is 12.1 Å². The van der Waals surface area contributed by atoms with E-state index in [9.17, 15) is 0 Å². The quantitative estimate of drug-likeness (QED) is 0.133. The van der Waals surface area contributed by atoms with Crippen LogP contribution in [0.4, 0.5) is 0 Å². The molecule has 0 atom stereocenters. The molecule has 0 saturated heterocycles. The molecule has 217 valence electrons. The molecule has 0 aliphatic carbocycles. The number of hydrogen-bond acceptors (Lipinski definition) is 4. The summed E-state index contributed by atoms with van der Waals surface area (Å²) in [6, 6.07) is 45.5. The van der Waals surface area contributed by atoms with E-state index in [4.69, 9.17) is 4.42 Å². The van der Waals surface area contributed by atoms with Gasteiger partial charge in [0.25, 0.3) is 0 Å². The first kappa shape index (κ1) is 28.4. The number of hydrogen-bond donors (Lipinski definition) is 0. The standard InChI is InChI=1S/C25H14NO.C14H10N3.Ir/c1-2-6-17-14-21-18(13-16(17)5-1)9-11-23-25(21)20-10-8-19(15-24(20)27-23)22-7-3-4-12-26-22;1-2-5-12(6-3-1)14-16-9-10-17(14)13-7-4-8-15-11-13;/h1-14H;1-5,7-11H;/q2*-1;. The Morgan fingerprint density at radius 2 is 1.51 bits per heavy atom. The van der Waals surface area contributed by atoms with E-state index in [0.29, 0.717) is 0 Å². The molecule has 0 aliphatic heterocycles. The predicted octanol–water partition coefficient (Wildman–Crippen LogP) is 9.49. The van der Waals surface area contributed by atoms with Crippen molar-refractivity contribution in [3.63, 3.8) is 0 Å². The molecule has 5 aromatic carbocycles. The summed E-state index contributed by atoms with van der Waals surface area (Å²) >= 11 is 0. The molecule has 4 aromatic heterocycles. The van der Waals surface area contributed by atoms with Gasteiger partial charge in [0.1, 0.15) is 5.58 Å². The maximum atomic E-state index is 6.15. The molecular formula is C39H24IrN4O-2. The van der Waals surface area contributed by atoms with Crippen LogP contribution in [0.2, 0.25) is 0 Å². The smallest absolute Gasteiger partial charge is 0.124 e. The van der Waals surface area contributed by atoms with Crippen molar-refractivity contribution in [1.82, 2.24) is 19.5 Å². The fraction of sp³-hybridized carbons (Fsp3) is 0. The van der Waals surface area contributed by atoms with E-state index in [1.165, 1.54) is 21.5 Å². The number of pyridine rings is 2. The van der Waals surface area contributed by atoms with Crippen molar-refractivity contribution in [1.29, 1.82) is 0 Å². The van der Waals surface area contributed by atoms with E-state index in [-0.39, 0.29) is 20.1 Å². The van der Waals surface area contributed by atoms with Crippen molar-refractivity contribution in [2.45, 2.75) is 0 Å². The maximum Gasteiger partial charge on any atom is 0.124 e. The molecule has 0 fully saturated rings. The predicted molar refractivity (Wildman–Crippen MR) is 176 cm³/mol. The van der Waals surface area contributed by atoms with Gasteiger partial charge in [-0.15, -0.1) is 53.6 Å². The Bertz CT molecular complexity index is 2330. The average Bonchev–Trinajstić information content (AvgIpc) is 3.74. The third kappa shape index (κ3) is 5.42. The van der Waals surface area contributed by atoms with Gasteiger partial charge in [0.15, 0.2) is 0 Å². The Balaban J connectivity index is 0.000000157. The number of fused-ring (bicyclic) bond motifs is 6. The van der Waals surface area contributed by atoms with Gasteiger partial charge >= 0.3 is 0 Å². The molecule has 0 N–H and O–H groups in total. The normalized spacial score (nSPS) is 10.9. The Morgan fingerprint density at radius 1 is 0.644 bits per heavy atom. The molecule has 0 spiro atoms. The van der Waals surface area contributed by atoms with E-state index in [2.05, 4.69) is 87.7 Å². The zero-order chi connectivity index (χ0) is 29.3. The molecule has 4 heterocycles. The first-order chi connectivity index (χ1) is 21.8. The SMILES string of the molecule is [Ir].[c-]1c(-c2ccccn2)ccc2c1oc1ccc3cc4ccccc4cc3c12.[c-]1ccccc1-c1nccn1-c1cccnc1. The van der Waals surface area contributed by atoms with Gasteiger partial charge in [0.05, 0.1) is 23.3 Å². The zero-order valence-electron chi connectivity index (χ0n) is 23.9. The van der Waals surface area contributed by atoms with Crippen LogP contribution in [0.1, 0.15) is 0 Å². The molecule has 0 bridgehead atoms. The van der Waals surface area contributed by atoms with Gasteiger partial charge in [-0.2, -0.15) is 0 Å². The molecule has 0 saturated carbocycles. The van der Waals surface area contributed by atoms with Gasteiger partial charge in [0.2, 0.25) is 0 Å². The van der Waals surface area contributed by atoms with Crippen LogP contribution in [0.25, 0.3) is 71.8 Å². The molecule has 0 aliphatic rings. The molecule has 9 aromatic rings. The summed E-state index contributed by atoms with van der Waals surface area (Å²) in [6.45, 7) is 0. The van der Waals surface area contributed by atoms with Crippen molar-refractivity contribution in [3.05, 3.63) is 158 Å². The summed E-state index contributed by atoms with van der Waals surface area (Å²) in [5.74, 6) is 0.874. The topological polar surface area (TPSA) is 56.7 Å². The Kier molecular flexibility index (Phi) is 7.74. The van der Waals surface area contributed by atoms with E-state index < -0.39 is 0 Å². The number of benzene rings is 5. The molecule has 6 heteroatoms. The second kappa shape index (κ2) is 12.3. The minimum atomic E-state index is 0. The zero-order valence-corrected chi connectivity index (χ0v) is 26.3. The number of furan rings is 1. The van der Waals surface area contributed by atoms with Gasteiger partial charge in [-0.05, 0) is 69.0 Å². The second-order valence-corrected chi connectivity index (χ2v) is 10.4. The van der Waals surface area contributed by atoms with Gasteiger partial charge in [-0.3, -0.25) is 9.97 Å². The summed E-state index contributed by atoms with van der Waals surface area (Å²) in [5, 5.41) is 7.16. The van der Waals surface area contributed by atoms with Crippen molar-refractivity contribution >= 4 is 43.5 Å². The van der Waals surface area contributed by atoms with Crippen LogP contribution in [-0.4, -0.2) is 19.5 Å². The van der Waals surface area contributed by atoms with Gasteiger partial charge < -0.3 is 14.0 Å². The summed E-state index contributed by atoms with van der Waals surface area (Å²) in [4.78, 5) is 12.9. The summed E-state index contributed by atoms with van der Waals surface area (Å²) in [6.07, 6.45) is 9.07. The van der Waals surface area contributed by atoms with E-state index in [1.54, 1.807) is 18.6 Å². The number of rotatable bonds is 3. The minimum absolute atomic E-state index is 0. The number of aromatic nitrogens is 4. The molecule has 1 radical (unpaired) electrons. The van der Waals surface area contributed by atoms with E-state index in [1.807, 2.05) is 71.6 Å². The maximum absolute atomic E-state index is 6.15. The van der Waals surface area contributed by atoms with Crippen LogP contribution in [0.5, 0.6) is 0 Å². The Hall–Kier alpha value is -5.42. The largest absolute Gasteiger partial charge is 0.477 e. The van der Waals surface area contributed by atoms with E-state index in [0.717, 1.165) is 50.3 Å². The molecule has 5 nitrogen and oxygen atoms in total. The fourth-order valence-electron chi connectivity index (χ4n) is 5.63. The van der Waals surface area contributed by atoms with Crippen molar-refractivity contribution in [2.75, 3.05) is 0 Å². The van der Waals surface area contributed by atoms with Gasteiger partial charge in [-0.25, -0.2) is 0 Å². The van der Waals surface area contributed by atoms with Crippen LogP contribution in [0.3, 0.4) is 0 Å². The third-order valence-corrected chi connectivity index (χ3v) is 7.69. The van der Waals surface area contributed by atoms with Crippen LogP contribution in [-0.2, 0) is 20.1 Å². The molecule has 0 unspecified atom stereocenters. The van der Waals surface area contributed by atoms with E-state index >= 15 is 0 Å². The van der Waals surface area contributed by atoms with Crippen LogP contribution in [0.15, 0.2) is 151 Å². The fourth-order valence-corrected chi connectivity index (χ4v) is 5.63. The summed E-state index contributed by atoms with van der Waals surface area (Å²) in [5.41, 5.74) is 5.47. The molecular weight excluding hydrogens is 733 g/mol. The van der Waals surface area contributed by atoms with Crippen molar-refractivity contribution in [3.8, 4) is 28.3 Å². The first-order valence-corrected chi connectivity index (χ1v) is 14.3. The van der Waals surface area contributed by atoms with Crippen LogP contribution < -0.4 is 0 Å². The first-order valence-electron chi connectivity index (χ1n) is 14.3. The Morgan fingerprint density at radius 3 is 2.31 bits per heavy atom. The monoisotopic (exact) mass is 757 g/mol. The summed E-state index contributed by atoms with van der Waals surface area (Å²) in [7, 11) is 0. The van der Waals surface area contributed by atoms with Crippen molar-refractivity contribution in [2.24, 2.45) is 0 Å². The van der Waals surface area contributed by atoms with Crippen LogP contribution >= 0.6 is 0 Å². The average molecular weight is 757 g/mol. The Labute approximate surface area is 273 Å². The van der Waals surface area contributed by atoms with Crippen molar-refractivity contribution < 1.29 is 24.5 Å². The van der Waals surface area contributed by atoms with Gasteiger partial charge in [-0.1, -0.05) is 53.9 Å². The molecule has 9 rings (SSSR count). The molecule has 0 amide bonds. The summed E-state index contributed by atoms with van der Waals surface area (Å²) < 4.78 is 8.15. The molecule has 45 heavy (non-hydrogen) atoms. The second-order valence-electron chi connectivity index (χ2n) is 10.4. The van der Waals surface area contributed by atoms with Gasteiger partial charge in [0, 0.05) is 44.9 Å². The number of imidazole rings is 1. The minimum Gasteiger partial charge on any atom is -0.477 e. The third-order valence-electron chi connectivity index (χ3n) is 7.69. The number of nitrogens with zero attached hydrogens (tertiary/aromatic N) is 4.